The molecule has 27 heavy (non-hydrogen) atoms. The number of hydrogen-bond acceptors (Lipinski definition) is 4. The Morgan fingerprint density at radius 3 is 2.70 bits per heavy atom. The Kier molecular flexibility index (Phi) is 4.67. The fraction of sp³-hybridized carbons (Fsp3) is 0.273. The largest absolute Gasteiger partial charge is 0.344 e. The molecule has 0 bridgehead atoms. The van der Waals surface area contributed by atoms with Gasteiger partial charge in [-0.3, -0.25) is 9.69 Å². The van der Waals surface area contributed by atoms with Crippen molar-refractivity contribution in [1.82, 2.24) is 4.90 Å². The van der Waals surface area contributed by atoms with Crippen molar-refractivity contribution in [3.05, 3.63) is 75.8 Å². The molecule has 1 amide bonds. The average molecular weight is 375 g/mol. The van der Waals surface area contributed by atoms with Gasteiger partial charge in [-0.1, -0.05) is 48.2 Å². The minimum Gasteiger partial charge on any atom is -0.344 e. The Labute approximate surface area is 164 Å². The van der Waals surface area contributed by atoms with Gasteiger partial charge in [-0.05, 0) is 42.7 Å². The van der Waals surface area contributed by atoms with E-state index in [2.05, 4.69) is 36.1 Å². The van der Waals surface area contributed by atoms with E-state index < -0.39 is 0 Å². The van der Waals surface area contributed by atoms with Crippen LogP contribution >= 0.6 is 11.8 Å². The molecule has 136 valence electrons. The first-order chi connectivity index (χ1) is 13.1. The first kappa shape index (κ1) is 17.7. The highest BCUT2D eigenvalue weighted by Crippen LogP contribution is 2.43. The molecule has 1 saturated heterocycles. The maximum atomic E-state index is 13.0. The molecule has 2 aliphatic heterocycles. The average Bonchev–Trinajstić information content (AvgIpc) is 2.68. The first-order valence-electron chi connectivity index (χ1n) is 9.03. The van der Waals surface area contributed by atoms with Gasteiger partial charge in [0.15, 0.2) is 0 Å². The number of hydrogen-bond donors (Lipinski definition) is 0. The normalized spacial score (nSPS) is 19.7. The highest BCUT2D eigenvalue weighted by Gasteiger charge is 2.38. The number of carbonyl (C=O) groups is 1. The number of rotatable bonds is 2. The third-order valence-electron chi connectivity index (χ3n) is 5.22. The zero-order valence-electron chi connectivity index (χ0n) is 15.5. The second-order valence-corrected chi connectivity index (χ2v) is 7.99. The van der Waals surface area contributed by atoms with Gasteiger partial charge < -0.3 is 4.90 Å². The summed E-state index contributed by atoms with van der Waals surface area (Å²) in [5, 5.41) is 10.7. The topological polar surface area (TPSA) is 47.3 Å². The van der Waals surface area contributed by atoms with E-state index in [1.165, 1.54) is 5.56 Å². The van der Waals surface area contributed by atoms with E-state index >= 15 is 0 Å². The Morgan fingerprint density at radius 2 is 1.96 bits per heavy atom. The van der Waals surface area contributed by atoms with Crippen molar-refractivity contribution in [2.75, 3.05) is 17.4 Å². The van der Waals surface area contributed by atoms with Gasteiger partial charge in [0.1, 0.15) is 0 Å². The van der Waals surface area contributed by atoms with Crippen LogP contribution in [0.1, 0.15) is 29.0 Å². The number of nitriles is 1. The van der Waals surface area contributed by atoms with Crippen LogP contribution in [0.5, 0.6) is 0 Å². The van der Waals surface area contributed by atoms with Crippen LogP contribution in [0.25, 0.3) is 0 Å². The fourth-order valence-corrected chi connectivity index (χ4v) is 4.96. The van der Waals surface area contributed by atoms with Crippen molar-refractivity contribution >= 4 is 23.4 Å². The lowest BCUT2D eigenvalue weighted by molar-refractivity contribution is -0.129. The van der Waals surface area contributed by atoms with Crippen molar-refractivity contribution in [1.29, 1.82) is 5.26 Å². The molecule has 4 rings (SSSR count). The minimum atomic E-state index is -0.145. The van der Waals surface area contributed by atoms with Gasteiger partial charge >= 0.3 is 0 Å². The predicted octanol–water partition coefficient (Wildman–Crippen LogP) is 4.52. The number of anilines is 1. The van der Waals surface area contributed by atoms with Crippen LogP contribution in [0, 0.1) is 25.2 Å². The summed E-state index contributed by atoms with van der Waals surface area (Å²) in [5.41, 5.74) is 5.23. The van der Waals surface area contributed by atoms with Crippen LogP contribution in [0.4, 0.5) is 5.69 Å². The van der Waals surface area contributed by atoms with E-state index in [1.54, 1.807) is 16.7 Å². The number of fused-ring (bicyclic) bond motifs is 1. The third-order valence-corrected chi connectivity index (χ3v) is 6.38. The summed E-state index contributed by atoms with van der Waals surface area (Å²) in [6.07, 6.45) is 0.347. The molecule has 2 aliphatic rings. The summed E-state index contributed by atoms with van der Waals surface area (Å²) in [5.74, 6) is 0.670. The van der Waals surface area contributed by atoms with Crippen LogP contribution in [-0.4, -0.2) is 23.4 Å². The van der Waals surface area contributed by atoms with E-state index in [9.17, 15) is 10.1 Å². The molecule has 2 heterocycles. The van der Waals surface area contributed by atoms with Crippen LogP contribution in [-0.2, 0) is 4.79 Å². The summed E-state index contributed by atoms with van der Waals surface area (Å²) in [6, 6.07) is 18.8. The standard InChI is InChI=1S/C22H21N3OS/c1-15-6-5-8-17(10-15)24-13-25-21(26)11-19(18-9-4-3-7-16(18)2)20(12-23)22(25)27-14-24/h3-10,19H,11,13-14H2,1-2H3. The highest BCUT2D eigenvalue weighted by molar-refractivity contribution is 8.03. The smallest absolute Gasteiger partial charge is 0.229 e. The molecule has 5 heteroatoms. The summed E-state index contributed by atoms with van der Waals surface area (Å²) in [6.45, 7) is 4.61. The molecule has 0 aromatic heterocycles. The quantitative estimate of drug-likeness (QED) is 0.774. The summed E-state index contributed by atoms with van der Waals surface area (Å²) in [4.78, 5) is 16.9. The monoisotopic (exact) mass is 375 g/mol. The second kappa shape index (κ2) is 7.13. The van der Waals surface area contributed by atoms with Gasteiger partial charge in [0.2, 0.25) is 5.91 Å². The molecule has 4 nitrogen and oxygen atoms in total. The molecule has 2 aromatic rings. The number of allylic oxidation sites excluding steroid dienone is 1. The molecule has 0 aliphatic carbocycles. The van der Waals surface area contributed by atoms with Crippen LogP contribution in [0.3, 0.4) is 0 Å². The third kappa shape index (κ3) is 3.22. The predicted molar refractivity (Wildman–Crippen MR) is 109 cm³/mol. The van der Waals surface area contributed by atoms with Crippen molar-refractivity contribution in [2.45, 2.75) is 26.2 Å². The number of thioether (sulfide) groups is 1. The molecule has 0 spiro atoms. The Morgan fingerprint density at radius 1 is 1.15 bits per heavy atom. The Hall–Kier alpha value is -2.71. The number of nitrogens with zero attached hydrogens (tertiary/aromatic N) is 3. The molecular weight excluding hydrogens is 354 g/mol. The minimum absolute atomic E-state index is 0.0853. The zero-order valence-corrected chi connectivity index (χ0v) is 16.3. The second-order valence-electron chi connectivity index (χ2n) is 7.06. The van der Waals surface area contributed by atoms with E-state index in [0.717, 1.165) is 33.3 Å². The van der Waals surface area contributed by atoms with Gasteiger partial charge in [0.25, 0.3) is 0 Å². The van der Waals surface area contributed by atoms with E-state index in [1.807, 2.05) is 37.3 Å². The SMILES string of the molecule is Cc1cccc(N2CSC3=C(C#N)C(c4ccccc4C)CC(=O)N3C2)c1. The Balaban J connectivity index is 1.69. The molecular formula is C22H21N3OS. The van der Waals surface area contributed by atoms with Crippen molar-refractivity contribution in [3.63, 3.8) is 0 Å². The molecule has 0 saturated carbocycles. The van der Waals surface area contributed by atoms with Gasteiger partial charge in [0, 0.05) is 18.0 Å². The maximum Gasteiger partial charge on any atom is 0.229 e. The lowest BCUT2D eigenvalue weighted by Gasteiger charge is -2.42. The lowest BCUT2D eigenvalue weighted by atomic mass is 9.84. The number of carbonyl (C=O) groups excluding carboxylic acids is 1. The summed E-state index contributed by atoms with van der Waals surface area (Å²) in [7, 11) is 0. The van der Waals surface area contributed by atoms with Crippen molar-refractivity contribution in [2.24, 2.45) is 0 Å². The number of aryl methyl sites for hydroxylation is 2. The molecule has 2 aromatic carbocycles. The van der Waals surface area contributed by atoms with Gasteiger partial charge in [-0.2, -0.15) is 5.26 Å². The van der Waals surface area contributed by atoms with Gasteiger partial charge in [-0.15, -0.1) is 0 Å². The maximum absolute atomic E-state index is 13.0. The molecule has 0 radical (unpaired) electrons. The van der Waals surface area contributed by atoms with Crippen LogP contribution in [0.2, 0.25) is 0 Å². The Bertz CT molecular complexity index is 976. The number of benzene rings is 2. The van der Waals surface area contributed by atoms with E-state index in [-0.39, 0.29) is 11.8 Å². The van der Waals surface area contributed by atoms with Crippen LogP contribution in [0.15, 0.2) is 59.1 Å². The molecule has 1 atom stereocenters. The van der Waals surface area contributed by atoms with E-state index in [0.29, 0.717) is 13.1 Å². The number of amides is 1. The molecule has 1 fully saturated rings. The lowest BCUT2D eigenvalue weighted by Crippen LogP contribution is -2.47. The van der Waals surface area contributed by atoms with Crippen molar-refractivity contribution in [3.8, 4) is 6.07 Å². The molecule has 0 N–H and O–H groups in total. The summed E-state index contributed by atoms with van der Waals surface area (Å²) < 4.78 is 0. The van der Waals surface area contributed by atoms with Crippen LogP contribution < -0.4 is 4.90 Å². The van der Waals surface area contributed by atoms with Gasteiger partial charge in [-0.25, -0.2) is 0 Å². The van der Waals surface area contributed by atoms with E-state index in [4.69, 9.17) is 0 Å². The first-order valence-corrected chi connectivity index (χ1v) is 10.0. The molecule has 1 unspecified atom stereocenters. The zero-order chi connectivity index (χ0) is 19.0. The van der Waals surface area contributed by atoms with Crippen molar-refractivity contribution < 1.29 is 4.79 Å². The highest BCUT2D eigenvalue weighted by atomic mass is 32.2. The van der Waals surface area contributed by atoms with Gasteiger partial charge in [0.05, 0.1) is 29.2 Å². The summed E-state index contributed by atoms with van der Waals surface area (Å²) >= 11 is 1.58. The fourth-order valence-electron chi connectivity index (χ4n) is 3.79.